The first-order valence-electron chi connectivity index (χ1n) is 6.53. The largest absolute Gasteiger partial charge is 0.496 e. The molecule has 0 N–H and O–H groups in total. The number of fused-ring (bicyclic) bond motifs is 1. The third-order valence-corrected chi connectivity index (χ3v) is 4.78. The summed E-state index contributed by atoms with van der Waals surface area (Å²) < 4.78 is 6.35. The standard InChI is InChI=1S/C15H15BrClNO/c1-19-13-7-6-10(16)15-14(13)11(17)8-12(18-15)9-4-2-3-5-9/h6-9H,2-5H2,1H3. The maximum atomic E-state index is 6.46. The van der Waals surface area contributed by atoms with E-state index in [2.05, 4.69) is 15.9 Å². The summed E-state index contributed by atoms with van der Waals surface area (Å²) in [6, 6.07) is 5.88. The number of benzene rings is 1. The van der Waals surface area contributed by atoms with Gasteiger partial charge in [0.05, 0.1) is 23.0 Å². The summed E-state index contributed by atoms with van der Waals surface area (Å²) in [5, 5.41) is 1.62. The fourth-order valence-corrected chi connectivity index (χ4v) is 3.57. The molecule has 1 heterocycles. The number of aromatic nitrogens is 1. The molecule has 0 spiro atoms. The van der Waals surface area contributed by atoms with Crippen LogP contribution >= 0.6 is 27.5 Å². The molecule has 1 aliphatic rings. The van der Waals surface area contributed by atoms with E-state index in [0.717, 1.165) is 31.8 Å². The monoisotopic (exact) mass is 339 g/mol. The van der Waals surface area contributed by atoms with Crippen molar-refractivity contribution < 1.29 is 4.74 Å². The first-order chi connectivity index (χ1) is 9.20. The van der Waals surface area contributed by atoms with Crippen molar-refractivity contribution in [1.29, 1.82) is 0 Å². The summed E-state index contributed by atoms with van der Waals surface area (Å²) in [5.41, 5.74) is 2.01. The van der Waals surface area contributed by atoms with E-state index in [1.807, 2.05) is 18.2 Å². The topological polar surface area (TPSA) is 22.1 Å². The summed E-state index contributed by atoms with van der Waals surface area (Å²) in [7, 11) is 1.66. The minimum atomic E-state index is 0.556. The fraction of sp³-hybridized carbons (Fsp3) is 0.400. The number of nitrogens with zero attached hydrogens (tertiary/aromatic N) is 1. The van der Waals surface area contributed by atoms with Crippen molar-refractivity contribution in [2.24, 2.45) is 0 Å². The molecular weight excluding hydrogens is 326 g/mol. The van der Waals surface area contributed by atoms with Gasteiger partial charge in [0.2, 0.25) is 0 Å². The lowest BCUT2D eigenvalue weighted by Crippen LogP contribution is -1.98. The maximum Gasteiger partial charge on any atom is 0.129 e. The van der Waals surface area contributed by atoms with Gasteiger partial charge in [-0.15, -0.1) is 0 Å². The van der Waals surface area contributed by atoms with E-state index in [1.54, 1.807) is 7.11 Å². The third-order valence-electron chi connectivity index (χ3n) is 3.84. The van der Waals surface area contributed by atoms with Gasteiger partial charge in [-0.25, -0.2) is 0 Å². The van der Waals surface area contributed by atoms with Crippen LogP contribution in [0.15, 0.2) is 22.7 Å². The van der Waals surface area contributed by atoms with Crippen molar-refractivity contribution >= 4 is 38.4 Å². The highest BCUT2D eigenvalue weighted by Crippen LogP contribution is 2.40. The van der Waals surface area contributed by atoms with E-state index in [-0.39, 0.29) is 0 Å². The van der Waals surface area contributed by atoms with Gasteiger partial charge < -0.3 is 4.74 Å². The van der Waals surface area contributed by atoms with E-state index in [4.69, 9.17) is 21.3 Å². The molecule has 1 saturated carbocycles. The van der Waals surface area contributed by atoms with Gasteiger partial charge in [-0.3, -0.25) is 4.98 Å². The van der Waals surface area contributed by atoms with Gasteiger partial charge in [0.25, 0.3) is 0 Å². The second-order valence-electron chi connectivity index (χ2n) is 4.98. The van der Waals surface area contributed by atoms with Gasteiger partial charge in [0.15, 0.2) is 0 Å². The Hall–Kier alpha value is -0.800. The lowest BCUT2D eigenvalue weighted by molar-refractivity contribution is 0.419. The molecule has 19 heavy (non-hydrogen) atoms. The number of pyridine rings is 1. The van der Waals surface area contributed by atoms with Crippen LogP contribution < -0.4 is 4.74 Å². The number of ether oxygens (including phenoxy) is 1. The predicted molar refractivity (Wildman–Crippen MR) is 82.2 cm³/mol. The van der Waals surface area contributed by atoms with E-state index >= 15 is 0 Å². The van der Waals surface area contributed by atoms with Crippen LogP contribution in [0, 0.1) is 0 Å². The van der Waals surface area contributed by atoms with Crippen LogP contribution in [0.25, 0.3) is 10.9 Å². The number of hydrogen-bond donors (Lipinski definition) is 0. The summed E-state index contributed by atoms with van der Waals surface area (Å²) in [6.45, 7) is 0. The molecule has 1 aromatic heterocycles. The Morgan fingerprint density at radius 2 is 2.05 bits per heavy atom. The van der Waals surface area contributed by atoms with Crippen LogP contribution in [0.3, 0.4) is 0 Å². The van der Waals surface area contributed by atoms with E-state index in [0.29, 0.717) is 5.92 Å². The molecule has 1 fully saturated rings. The lowest BCUT2D eigenvalue weighted by atomic mass is 10.0. The Balaban J connectivity index is 2.22. The van der Waals surface area contributed by atoms with Crippen LogP contribution in [-0.2, 0) is 0 Å². The summed E-state index contributed by atoms with van der Waals surface area (Å²) in [4.78, 5) is 4.81. The Labute approximate surface area is 126 Å². The van der Waals surface area contributed by atoms with Gasteiger partial charge in [0.1, 0.15) is 5.75 Å². The Kier molecular flexibility index (Phi) is 3.68. The molecule has 2 nitrogen and oxygen atoms in total. The first-order valence-corrected chi connectivity index (χ1v) is 7.70. The molecule has 0 atom stereocenters. The van der Waals surface area contributed by atoms with Crippen molar-refractivity contribution in [3.05, 3.63) is 33.4 Å². The molecule has 3 rings (SSSR count). The quantitative estimate of drug-likeness (QED) is 0.738. The lowest BCUT2D eigenvalue weighted by Gasteiger charge is -2.13. The van der Waals surface area contributed by atoms with E-state index in [1.165, 1.54) is 25.7 Å². The highest BCUT2D eigenvalue weighted by Gasteiger charge is 2.21. The normalized spacial score (nSPS) is 16.2. The number of methoxy groups -OCH3 is 1. The number of rotatable bonds is 2. The van der Waals surface area contributed by atoms with Gasteiger partial charge >= 0.3 is 0 Å². The zero-order valence-electron chi connectivity index (χ0n) is 10.7. The van der Waals surface area contributed by atoms with Crippen molar-refractivity contribution in [1.82, 2.24) is 4.98 Å². The third kappa shape index (κ3) is 2.34. The van der Waals surface area contributed by atoms with E-state index < -0.39 is 0 Å². The maximum absolute atomic E-state index is 6.46. The second kappa shape index (κ2) is 5.29. The molecule has 100 valence electrons. The molecular formula is C15H15BrClNO. The zero-order chi connectivity index (χ0) is 13.4. The first kappa shape index (κ1) is 13.2. The Morgan fingerprint density at radius 1 is 1.32 bits per heavy atom. The Morgan fingerprint density at radius 3 is 2.74 bits per heavy atom. The predicted octanol–water partition coefficient (Wildman–Crippen LogP) is 5.32. The molecule has 0 saturated heterocycles. The van der Waals surface area contributed by atoms with Crippen LogP contribution in [0.4, 0.5) is 0 Å². The van der Waals surface area contributed by atoms with Crippen LogP contribution in [0.2, 0.25) is 5.02 Å². The summed E-state index contributed by atoms with van der Waals surface area (Å²) >= 11 is 10.0. The van der Waals surface area contributed by atoms with Crippen LogP contribution in [-0.4, -0.2) is 12.1 Å². The number of halogens is 2. The van der Waals surface area contributed by atoms with Gasteiger partial charge in [-0.1, -0.05) is 24.4 Å². The molecule has 0 aliphatic heterocycles. The minimum absolute atomic E-state index is 0.556. The molecule has 0 bridgehead atoms. The molecule has 2 aromatic rings. The van der Waals surface area contributed by atoms with Crippen molar-refractivity contribution in [2.75, 3.05) is 7.11 Å². The fourth-order valence-electron chi connectivity index (χ4n) is 2.85. The summed E-state index contributed by atoms with van der Waals surface area (Å²) in [6.07, 6.45) is 5.02. The van der Waals surface area contributed by atoms with Gasteiger partial charge in [-0.05, 0) is 47.0 Å². The summed E-state index contributed by atoms with van der Waals surface area (Å²) in [5.74, 6) is 1.33. The average Bonchev–Trinajstić information content (AvgIpc) is 2.93. The molecule has 0 unspecified atom stereocenters. The number of hydrogen-bond acceptors (Lipinski definition) is 2. The SMILES string of the molecule is COc1ccc(Br)c2nc(C3CCCC3)cc(Cl)c12. The zero-order valence-corrected chi connectivity index (χ0v) is 13.1. The van der Waals surface area contributed by atoms with Crippen molar-refractivity contribution in [3.63, 3.8) is 0 Å². The minimum Gasteiger partial charge on any atom is -0.496 e. The highest BCUT2D eigenvalue weighted by molar-refractivity contribution is 9.10. The molecule has 1 aromatic carbocycles. The molecule has 4 heteroatoms. The molecule has 1 aliphatic carbocycles. The molecule has 0 radical (unpaired) electrons. The molecule has 0 amide bonds. The van der Waals surface area contributed by atoms with E-state index in [9.17, 15) is 0 Å². The second-order valence-corrected chi connectivity index (χ2v) is 6.25. The van der Waals surface area contributed by atoms with Crippen molar-refractivity contribution in [2.45, 2.75) is 31.6 Å². The van der Waals surface area contributed by atoms with Crippen LogP contribution in [0.1, 0.15) is 37.3 Å². The van der Waals surface area contributed by atoms with Crippen molar-refractivity contribution in [3.8, 4) is 5.75 Å². The van der Waals surface area contributed by atoms with Gasteiger partial charge in [0, 0.05) is 16.1 Å². The van der Waals surface area contributed by atoms with Crippen LogP contribution in [0.5, 0.6) is 5.75 Å². The van der Waals surface area contributed by atoms with Gasteiger partial charge in [-0.2, -0.15) is 0 Å². The smallest absolute Gasteiger partial charge is 0.129 e. The highest BCUT2D eigenvalue weighted by atomic mass is 79.9. The Bertz CT molecular complexity index is 623. The average molecular weight is 341 g/mol.